The van der Waals surface area contributed by atoms with E-state index >= 15 is 0 Å². The lowest BCUT2D eigenvalue weighted by Crippen LogP contribution is -2.43. The first-order valence-electron chi connectivity index (χ1n) is 9.02. The molecule has 3 amide bonds. The van der Waals surface area contributed by atoms with Crippen molar-refractivity contribution in [1.29, 1.82) is 0 Å². The number of hydrogen-bond donors (Lipinski definition) is 3. The van der Waals surface area contributed by atoms with Crippen molar-refractivity contribution in [3.8, 4) is 0 Å². The maximum absolute atomic E-state index is 12.0. The zero-order valence-electron chi connectivity index (χ0n) is 16.3. The van der Waals surface area contributed by atoms with Gasteiger partial charge in [-0.25, -0.2) is 0 Å². The second kappa shape index (κ2) is 10.6. The van der Waals surface area contributed by atoms with Crippen molar-refractivity contribution in [2.45, 2.75) is 26.7 Å². The SMILES string of the molecule is Cc1ccc(C)c(NC(=O)CCC(=O)OCC(=O)NNC(=O)c2ccccc2)c1. The number of hydrazine groups is 1. The summed E-state index contributed by atoms with van der Waals surface area (Å²) in [5, 5.41) is 2.75. The number of benzene rings is 2. The number of ether oxygens (including phenoxy) is 1. The average Bonchev–Trinajstić information content (AvgIpc) is 2.72. The fourth-order valence-electron chi connectivity index (χ4n) is 2.34. The maximum Gasteiger partial charge on any atom is 0.306 e. The summed E-state index contributed by atoms with van der Waals surface area (Å²) in [6, 6.07) is 14.0. The van der Waals surface area contributed by atoms with Gasteiger partial charge in [0.1, 0.15) is 0 Å². The summed E-state index contributed by atoms with van der Waals surface area (Å²) in [5.41, 5.74) is 7.36. The molecular weight excluding hydrogens is 374 g/mol. The Morgan fingerprint density at radius 3 is 2.31 bits per heavy atom. The Labute approximate surface area is 168 Å². The summed E-state index contributed by atoms with van der Waals surface area (Å²) in [5.74, 6) is -2.20. The van der Waals surface area contributed by atoms with Crippen molar-refractivity contribution in [2.24, 2.45) is 0 Å². The molecule has 29 heavy (non-hydrogen) atoms. The van der Waals surface area contributed by atoms with Crippen LogP contribution in [0.15, 0.2) is 48.5 Å². The molecule has 0 aliphatic carbocycles. The summed E-state index contributed by atoms with van der Waals surface area (Å²) >= 11 is 0. The van der Waals surface area contributed by atoms with Crippen LogP contribution in [0, 0.1) is 13.8 Å². The Kier molecular flexibility index (Phi) is 7.90. The van der Waals surface area contributed by atoms with Crippen LogP contribution in [0.4, 0.5) is 5.69 Å². The van der Waals surface area contributed by atoms with Gasteiger partial charge in [0.2, 0.25) is 5.91 Å². The lowest BCUT2D eigenvalue weighted by Gasteiger charge is -2.10. The van der Waals surface area contributed by atoms with Crippen LogP contribution in [0.5, 0.6) is 0 Å². The molecular formula is C21H23N3O5. The van der Waals surface area contributed by atoms with E-state index in [9.17, 15) is 19.2 Å². The Morgan fingerprint density at radius 1 is 0.862 bits per heavy atom. The number of rotatable bonds is 7. The molecule has 8 nitrogen and oxygen atoms in total. The summed E-state index contributed by atoms with van der Waals surface area (Å²) in [6.45, 7) is 3.23. The molecule has 0 saturated carbocycles. The second-order valence-electron chi connectivity index (χ2n) is 6.40. The van der Waals surface area contributed by atoms with E-state index < -0.39 is 24.4 Å². The number of carbonyl (C=O) groups is 4. The smallest absolute Gasteiger partial charge is 0.306 e. The maximum atomic E-state index is 12.0. The molecule has 2 rings (SSSR count). The van der Waals surface area contributed by atoms with Crippen molar-refractivity contribution in [3.05, 3.63) is 65.2 Å². The zero-order chi connectivity index (χ0) is 21.2. The van der Waals surface area contributed by atoms with Gasteiger partial charge in [-0.05, 0) is 43.2 Å². The first-order valence-corrected chi connectivity index (χ1v) is 9.02. The Morgan fingerprint density at radius 2 is 1.59 bits per heavy atom. The van der Waals surface area contributed by atoms with Crippen molar-refractivity contribution >= 4 is 29.4 Å². The van der Waals surface area contributed by atoms with Crippen molar-refractivity contribution in [2.75, 3.05) is 11.9 Å². The second-order valence-corrected chi connectivity index (χ2v) is 6.40. The highest BCUT2D eigenvalue weighted by molar-refractivity contribution is 5.95. The van der Waals surface area contributed by atoms with Crippen LogP contribution in [-0.4, -0.2) is 30.3 Å². The van der Waals surface area contributed by atoms with Crippen LogP contribution in [-0.2, 0) is 19.1 Å². The first-order chi connectivity index (χ1) is 13.8. The van der Waals surface area contributed by atoms with E-state index in [-0.39, 0.29) is 18.7 Å². The van der Waals surface area contributed by atoms with Crippen LogP contribution >= 0.6 is 0 Å². The molecule has 0 aromatic heterocycles. The number of hydrogen-bond acceptors (Lipinski definition) is 5. The summed E-state index contributed by atoms with van der Waals surface area (Å²) < 4.78 is 4.80. The highest BCUT2D eigenvalue weighted by atomic mass is 16.5. The van der Waals surface area contributed by atoms with Crippen LogP contribution in [0.2, 0.25) is 0 Å². The van der Waals surface area contributed by atoms with Crippen molar-refractivity contribution in [3.63, 3.8) is 0 Å². The average molecular weight is 397 g/mol. The number of nitrogens with one attached hydrogen (secondary N) is 3. The normalized spacial score (nSPS) is 10.0. The number of aryl methyl sites for hydroxylation is 2. The molecule has 0 atom stereocenters. The number of amides is 3. The van der Waals surface area contributed by atoms with Gasteiger partial charge in [-0.15, -0.1) is 0 Å². The van der Waals surface area contributed by atoms with Gasteiger partial charge in [-0.2, -0.15) is 0 Å². The Bertz CT molecular complexity index is 896. The van der Waals surface area contributed by atoms with Gasteiger partial charge in [0, 0.05) is 17.7 Å². The standard InChI is InChI=1S/C21H23N3O5/c1-14-8-9-15(2)17(12-14)22-18(25)10-11-20(27)29-13-19(26)23-24-21(28)16-6-4-3-5-7-16/h3-9,12H,10-11,13H2,1-2H3,(H,22,25)(H,23,26)(H,24,28). The van der Waals surface area contributed by atoms with Crippen molar-refractivity contribution in [1.82, 2.24) is 10.9 Å². The first kappa shape index (κ1) is 21.6. The molecule has 0 aliphatic heterocycles. The van der Waals surface area contributed by atoms with Crippen LogP contribution in [0.3, 0.4) is 0 Å². The highest BCUT2D eigenvalue weighted by Gasteiger charge is 2.12. The molecule has 2 aromatic rings. The van der Waals surface area contributed by atoms with Gasteiger partial charge in [-0.1, -0.05) is 30.3 Å². The zero-order valence-corrected chi connectivity index (χ0v) is 16.3. The van der Waals surface area contributed by atoms with Gasteiger partial charge >= 0.3 is 5.97 Å². The van der Waals surface area contributed by atoms with Gasteiger partial charge in [0.05, 0.1) is 6.42 Å². The van der Waals surface area contributed by atoms with E-state index in [4.69, 9.17) is 4.74 Å². The number of anilines is 1. The Balaban J connectivity index is 1.66. The fraction of sp³-hybridized carbons (Fsp3) is 0.238. The number of esters is 1. The minimum absolute atomic E-state index is 0.0709. The molecule has 0 saturated heterocycles. The topological polar surface area (TPSA) is 114 Å². The third-order valence-electron chi connectivity index (χ3n) is 3.94. The van der Waals surface area contributed by atoms with Crippen LogP contribution < -0.4 is 16.2 Å². The van der Waals surface area contributed by atoms with E-state index in [1.165, 1.54) is 0 Å². The Hall–Kier alpha value is -3.68. The molecule has 8 heteroatoms. The third-order valence-corrected chi connectivity index (χ3v) is 3.94. The minimum Gasteiger partial charge on any atom is -0.455 e. The van der Waals surface area contributed by atoms with Crippen molar-refractivity contribution < 1.29 is 23.9 Å². The minimum atomic E-state index is -0.692. The molecule has 0 radical (unpaired) electrons. The monoisotopic (exact) mass is 397 g/mol. The highest BCUT2D eigenvalue weighted by Crippen LogP contribution is 2.16. The molecule has 0 bridgehead atoms. The molecule has 0 fully saturated rings. The predicted molar refractivity (Wildman–Crippen MR) is 107 cm³/mol. The van der Waals surface area contributed by atoms with Crippen LogP contribution in [0.1, 0.15) is 34.3 Å². The largest absolute Gasteiger partial charge is 0.455 e. The molecule has 2 aromatic carbocycles. The van der Waals surface area contributed by atoms with Gasteiger partial charge in [-0.3, -0.25) is 30.0 Å². The molecule has 152 valence electrons. The van der Waals surface area contributed by atoms with Crippen LogP contribution in [0.25, 0.3) is 0 Å². The van der Waals surface area contributed by atoms with E-state index in [0.29, 0.717) is 11.3 Å². The lowest BCUT2D eigenvalue weighted by molar-refractivity contribution is -0.149. The summed E-state index contributed by atoms with van der Waals surface area (Å²) in [4.78, 5) is 47.1. The molecule has 3 N–H and O–H groups in total. The lowest BCUT2D eigenvalue weighted by atomic mass is 10.1. The van der Waals surface area contributed by atoms with Gasteiger partial charge in [0.15, 0.2) is 6.61 Å². The molecule has 0 unspecified atom stereocenters. The fourth-order valence-corrected chi connectivity index (χ4v) is 2.34. The van der Waals surface area contributed by atoms with E-state index in [2.05, 4.69) is 16.2 Å². The van der Waals surface area contributed by atoms with E-state index in [1.54, 1.807) is 30.3 Å². The quantitative estimate of drug-likeness (QED) is 0.489. The summed E-state index contributed by atoms with van der Waals surface area (Å²) in [6.07, 6.45) is -0.237. The molecule has 0 aliphatic rings. The van der Waals surface area contributed by atoms with E-state index in [0.717, 1.165) is 11.1 Å². The third kappa shape index (κ3) is 7.45. The number of carbonyl (C=O) groups excluding carboxylic acids is 4. The predicted octanol–water partition coefficient (Wildman–Crippen LogP) is 2.03. The van der Waals surface area contributed by atoms with Gasteiger partial charge < -0.3 is 10.1 Å². The molecule has 0 spiro atoms. The van der Waals surface area contributed by atoms with Gasteiger partial charge in [0.25, 0.3) is 11.8 Å². The molecule has 0 heterocycles. The summed E-state index contributed by atoms with van der Waals surface area (Å²) in [7, 11) is 0. The van der Waals surface area contributed by atoms with E-state index in [1.807, 2.05) is 32.0 Å².